The summed E-state index contributed by atoms with van der Waals surface area (Å²) in [6.07, 6.45) is 0. The molecule has 2 rings (SSSR count). The van der Waals surface area contributed by atoms with Gasteiger partial charge in [0.1, 0.15) is 11.6 Å². The number of thiazole rings is 1. The topological polar surface area (TPSA) is 91.9 Å². The number of nitriles is 1. The van der Waals surface area contributed by atoms with Crippen LogP contribution in [-0.4, -0.2) is 9.91 Å². The van der Waals surface area contributed by atoms with Crippen LogP contribution in [0.3, 0.4) is 0 Å². The summed E-state index contributed by atoms with van der Waals surface area (Å²) in [7, 11) is 0. The van der Waals surface area contributed by atoms with Gasteiger partial charge in [0.2, 0.25) is 0 Å². The molecule has 0 atom stereocenters. The molecule has 2 aromatic rings. The van der Waals surface area contributed by atoms with E-state index in [0.717, 1.165) is 5.69 Å². The van der Waals surface area contributed by atoms with E-state index in [4.69, 9.17) is 5.26 Å². The van der Waals surface area contributed by atoms with Crippen LogP contribution < -0.4 is 5.32 Å². The predicted octanol–water partition coefficient (Wildman–Crippen LogP) is 3.96. The minimum Gasteiger partial charge on any atom is -0.331 e. The van der Waals surface area contributed by atoms with Crippen molar-refractivity contribution < 1.29 is 4.92 Å². The highest BCUT2D eigenvalue weighted by Gasteiger charge is 2.18. The Bertz CT molecular complexity index is 725. The number of nitro benzene ring substituents is 1. The second-order valence-corrected chi connectivity index (χ2v) is 6.37. The number of nitro groups is 1. The molecular formula is C14H14N4O2S. The number of hydrogen-bond acceptors (Lipinski definition) is 6. The molecule has 108 valence electrons. The summed E-state index contributed by atoms with van der Waals surface area (Å²) >= 11 is 1.46. The molecule has 6 nitrogen and oxygen atoms in total. The van der Waals surface area contributed by atoms with E-state index < -0.39 is 4.92 Å². The van der Waals surface area contributed by atoms with Gasteiger partial charge in [0, 0.05) is 22.5 Å². The van der Waals surface area contributed by atoms with Gasteiger partial charge in [0.15, 0.2) is 5.13 Å². The maximum absolute atomic E-state index is 10.8. The number of nitrogens with one attached hydrogen (secondary N) is 1. The molecule has 0 bridgehead atoms. The van der Waals surface area contributed by atoms with Gasteiger partial charge in [-0.1, -0.05) is 20.8 Å². The summed E-state index contributed by atoms with van der Waals surface area (Å²) in [5.41, 5.74) is 1.36. The van der Waals surface area contributed by atoms with E-state index >= 15 is 0 Å². The van der Waals surface area contributed by atoms with E-state index in [1.807, 2.05) is 11.4 Å². The lowest BCUT2D eigenvalue weighted by Gasteiger charge is -2.14. The Labute approximate surface area is 126 Å². The lowest BCUT2D eigenvalue weighted by atomic mass is 9.93. The molecule has 1 aromatic carbocycles. The zero-order chi connectivity index (χ0) is 15.6. The molecule has 0 aliphatic carbocycles. The van der Waals surface area contributed by atoms with Gasteiger partial charge in [0.05, 0.1) is 10.6 Å². The van der Waals surface area contributed by atoms with Gasteiger partial charge in [-0.25, -0.2) is 4.98 Å². The third-order valence-electron chi connectivity index (χ3n) is 2.84. The van der Waals surface area contributed by atoms with E-state index in [-0.39, 0.29) is 16.7 Å². The fraction of sp³-hybridized carbons (Fsp3) is 0.286. The molecule has 0 saturated heterocycles. The number of aromatic nitrogens is 1. The lowest BCUT2D eigenvalue weighted by molar-refractivity contribution is -0.385. The van der Waals surface area contributed by atoms with Gasteiger partial charge in [-0.3, -0.25) is 10.1 Å². The van der Waals surface area contributed by atoms with Crippen molar-refractivity contribution in [1.29, 1.82) is 5.26 Å². The molecule has 1 aromatic heterocycles. The average Bonchev–Trinajstić information content (AvgIpc) is 2.86. The first kappa shape index (κ1) is 14.9. The van der Waals surface area contributed by atoms with Crippen LogP contribution >= 0.6 is 11.3 Å². The Morgan fingerprint density at radius 3 is 2.67 bits per heavy atom. The molecular weight excluding hydrogens is 288 g/mol. The van der Waals surface area contributed by atoms with Crippen molar-refractivity contribution in [3.63, 3.8) is 0 Å². The van der Waals surface area contributed by atoms with Gasteiger partial charge in [-0.2, -0.15) is 5.26 Å². The maximum atomic E-state index is 10.8. The predicted molar refractivity (Wildman–Crippen MR) is 81.9 cm³/mol. The first-order valence-corrected chi connectivity index (χ1v) is 7.11. The van der Waals surface area contributed by atoms with Crippen molar-refractivity contribution in [3.8, 4) is 6.07 Å². The molecule has 0 spiro atoms. The standard InChI is InChI=1S/C14H14N4O2S/c1-14(2,3)12-8-21-13(17-12)16-10-4-5-11(18(19)20)9(6-10)7-15/h4-6,8H,1-3H3,(H,16,17). The summed E-state index contributed by atoms with van der Waals surface area (Å²) in [4.78, 5) is 14.7. The summed E-state index contributed by atoms with van der Waals surface area (Å²) in [6, 6.07) is 6.17. The van der Waals surface area contributed by atoms with Crippen molar-refractivity contribution in [1.82, 2.24) is 4.98 Å². The van der Waals surface area contributed by atoms with Crippen LogP contribution in [-0.2, 0) is 5.41 Å². The number of nitrogens with zero attached hydrogens (tertiary/aromatic N) is 3. The summed E-state index contributed by atoms with van der Waals surface area (Å²) in [6.45, 7) is 6.22. The van der Waals surface area contributed by atoms with E-state index in [2.05, 4.69) is 31.1 Å². The largest absolute Gasteiger partial charge is 0.331 e. The van der Waals surface area contributed by atoms with Crippen molar-refractivity contribution in [2.75, 3.05) is 5.32 Å². The van der Waals surface area contributed by atoms with E-state index in [1.54, 1.807) is 6.07 Å². The SMILES string of the molecule is CC(C)(C)c1csc(Nc2ccc([N+](=O)[O-])c(C#N)c2)n1. The molecule has 0 fully saturated rings. The van der Waals surface area contributed by atoms with Gasteiger partial charge < -0.3 is 5.32 Å². The number of rotatable bonds is 3. The smallest absolute Gasteiger partial charge is 0.287 e. The summed E-state index contributed by atoms with van der Waals surface area (Å²) in [5.74, 6) is 0. The van der Waals surface area contributed by atoms with Gasteiger partial charge in [0.25, 0.3) is 5.69 Å². The highest BCUT2D eigenvalue weighted by atomic mass is 32.1. The van der Waals surface area contributed by atoms with Crippen LogP contribution in [0.1, 0.15) is 32.0 Å². The van der Waals surface area contributed by atoms with E-state index in [1.165, 1.54) is 23.5 Å². The zero-order valence-corrected chi connectivity index (χ0v) is 12.7. The highest BCUT2D eigenvalue weighted by molar-refractivity contribution is 7.13. The van der Waals surface area contributed by atoms with Crippen molar-refractivity contribution >= 4 is 27.8 Å². The fourth-order valence-electron chi connectivity index (χ4n) is 1.66. The molecule has 0 amide bonds. The molecule has 0 saturated carbocycles. The molecule has 0 radical (unpaired) electrons. The second kappa shape index (κ2) is 5.50. The molecule has 0 aliphatic heterocycles. The van der Waals surface area contributed by atoms with Crippen LogP contribution in [0.2, 0.25) is 0 Å². The first-order valence-electron chi connectivity index (χ1n) is 6.23. The van der Waals surface area contributed by atoms with Crippen molar-refractivity contribution in [2.45, 2.75) is 26.2 Å². The van der Waals surface area contributed by atoms with Gasteiger partial charge >= 0.3 is 0 Å². The van der Waals surface area contributed by atoms with Crippen LogP contribution in [0.5, 0.6) is 0 Å². The maximum Gasteiger partial charge on any atom is 0.287 e. The Hall–Kier alpha value is -2.46. The number of benzene rings is 1. The third kappa shape index (κ3) is 3.35. The van der Waals surface area contributed by atoms with Crippen LogP contribution in [0.4, 0.5) is 16.5 Å². The number of hydrogen-bond donors (Lipinski definition) is 1. The molecule has 1 N–H and O–H groups in total. The van der Waals surface area contributed by atoms with Crippen molar-refractivity contribution in [3.05, 3.63) is 45.0 Å². The average molecular weight is 302 g/mol. The normalized spacial score (nSPS) is 11.0. The van der Waals surface area contributed by atoms with Crippen molar-refractivity contribution in [2.24, 2.45) is 0 Å². The minimum atomic E-state index is -0.566. The molecule has 1 heterocycles. The molecule has 0 aliphatic rings. The second-order valence-electron chi connectivity index (χ2n) is 5.51. The summed E-state index contributed by atoms with van der Waals surface area (Å²) in [5, 5.41) is 25.5. The Balaban J connectivity index is 2.27. The molecule has 0 unspecified atom stereocenters. The highest BCUT2D eigenvalue weighted by Crippen LogP contribution is 2.29. The Morgan fingerprint density at radius 2 is 2.14 bits per heavy atom. The van der Waals surface area contributed by atoms with E-state index in [9.17, 15) is 10.1 Å². The minimum absolute atomic E-state index is 0.0256. The Kier molecular flexibility index (Phi) is 3.91. The first-order chi connectivity index (χ1) is 9.81. The Morgan fingerprint density at radius 1 is 1.43 bits per heavy atom. The number of anilines is 2. The fourth-order valence-corrected chi connectivity index (χ4v) is 2.62. The van der Waals surface area contributed by atoms with Crippen LogP contribution in [0.15, 0.2) is 23.6 Å². The quantitative estimate of drug-likeness (QED) is 0.684. The van der Waals surface area contributed by atoms with Crippen LogP contribution in [0, 0.1) is 21.4 Å². The summed E-state index contributed by atoms with van der Waals surface area (Å²) < 4.78 is 0. The lowest BCUT2D eigenvalue weighted by Crippen LogP contribution is -2.11. The van der Waals surface area contributed by atoms with Crippen LogP contribution in [0.25, 0.3) is 0 Å². The van der Waals surface area contributed by atoms with Gasteiger partial charge in [-0.05, 0) is 12.1 Å². The zero-order valence-electron chi connectivity index (χ0n) is 11.9. The molecule has 7 heteroatoms. The third-order valence-corrected chi connectivity index (χ3v) is 3.60. The van der Waals surface area contributed by atoms with E-state index in [0.29, 0.717) is 10.8 Å². The van der Waals surface area contributed by atoms with Gasteiger partial charge in [-0.15, -0.1) is 11.3 Å². The monoisotopic (exact) mass is 302 g/mol. The molecule has 21 heavy (non-hydrogen) atoms.